The average molecular weight is 356 g/mol. The summed E-state index contributed by atoms with van der Waals surface area (Å²) in [7, 11) is 1.73. The predicted molar refractivity (Wildman–Crippen MR) is 87.2 cm³/mol. The highest BCUT2D eigenvalue weighted by Gasteiger charge is 2.28. The zero-order chi connectivity index (χ0) is 15.2. The number of halogens is 1. The second-order valence-corrected chi connectivity index (χ2v) is 6.21. The van der Waals surface area contributed by atoms with E-state index in [1.807, 2.05) is 24.3 Å². The van der Waals surface area contributed by atoms with Crippen molar-refractivity contribution >= 4 is 27.5 Å². The van der Waals surface area contributed by atoms with Gasteiger partial charge in [0.25, 0.3) is 0 Å². The van der Waals surface area contributed by atoms with E-state index in [-0.39, 0.29) is 18.1 Å². The van der Waals surface area contributed by atoms with Crippen LogP contribution in [0.2, 0.25) is 0 Å². The van der Waals surface area contributed by atoms with E-state index in [0.29, 0.717) is 13.1 Å². The molecular formula is C15H22BrN3O2. The summed E-state index contributed by atoms with van der Waals surface area (Å²) < 4.78 is 6.39. The van der Waals surface area contributed by atoms with Crippen molar-refractivity contribution in [1.82, 2.24) is 4.90 Å². The second kappa shape index (κ2) is 7.89. The van der Waals surface area contributed by atoms with Crippen LogP contribution >= 0.6 is 15.9 Å². The summed E-state index contributed by atoms with van der Waals surface area (Å²) in [6.07, 6.45) is 2.08. The van der Waals surface area contributed by atoms with Gasteiger partial charge in [-0.15, -0.1) is 0 Å². The Balaban J connectivity index is 1.88. The van der Waals surface area contributed by atoms with Crippen molar-refractivity contribution in [2.75, 3.05) is 32.1 Å². The van der Waals surface area contributed by atoms with Gasteiger partial charge in [-0.3, -0.25) is 9.69 Å². The van der Waals surface area contributed by atoms with E-state index in [0.717, 1.165) is 29.5 Å². The number of anilines is 1. The number of carbonyl (C=O) groups excluding carboxylic acids is 1. The molecule has 1 aromatic carbocycles. The van der Waals surface area contributed by atoms with Gasteiger partial charge in [-0.1, -0.05) is 15.9 Å². The molecule has 1 aliphatic heterocycles. The minimum Gasteiger partial charge on any atom is -0.381 e. The monoisotopic (exact) mass is 355 g/mol. The fraction of sp³-hybridized carbons (Fsp3) is 0.533. The summed E-state index contributed by atoms with van der Waals surface area (Å²) in [5, 5.41) is 2.91. The van der Waals surface area contributed by atoms with Crippen LogP contribution in [-0.2, 0) is 9.53 Å². The highest BCUT2D eigenvalue weighted by Crippen LogP contribution is 2.19. The lowest BCUT2D eigenvalue weighted by atomic mass is 9.99. The first-order valence-electron chi connectivity index (χ1n) is 7.14. The number of nitrogens with zero attached hydrogens (tertiary/aromatic N) is 1. The molecule has 6 heteroatoms. The zero-order valence-electron chi connectivity index (χ0n) is 12.2. The maximum Gasteiger partial charge on any atom is 0.238 e. The summed E-state index contributed by atoms with van der Waals surface area (Å²) in [6.45, 7) is 1.76. The number of amides is 1. The first kappa shape index (κ1) is 16.4. The van der Waals surface area contributed by atoms with Gasteiger partial charge in [-0.25, -0.2) is 0 Å². The fourth-order valence-electron chi connectivity index (χ4n) is 2.65. The fourth-order valence-corrected chi connectivity index (χ4v) is 2.91. The Morgan fingerprint density at radius 1 is 1.48 bits per heavy atom. The van der Waals surface area contributed by atoms with Gasteiger partial charge < -0.3 is 15.8 Å². The number of methoxy groups -OCH3 is 1. The van der Waals surface area contributed by atoms with E-state index in [2.05, 4.69) is 26.1 Å². The van der Waals surface area contributed by atoms with Crippen LogP contribution in [0.25, 0.3) is 0 Å². The molecule has 1 aromatic rings. The van der Waals surface area contributed by atoms with E-state index in [1.165, 1.54) is 0 Å². The highest BCUT2D eigenvalue weighted by molar-refractivity contribution is 9.10. The molecular weight excluding hydrogens is 334 g/mol. The molecule has 0 spiro atoms. The Labute approximate surface area is 134 Å². The van der Waals surface area contributed by atoms with E-state index in [1.54, 1.807) is 7.11 Å². The van der Waals surface area contributed by atoms with Crippen LogP contribution in [0.3, 0.4) is 0 Å². The van der Waals surface area contributed by atoms with Crippen LogP contribution < -0.4 is 11.1 Å². The minimum atomic E-state index is -0.00774. The molecule has 0 radical (unpaired) electrons. The molecule has 1 amide bonds. The first-order valence-corrected chi connectivity index (χ1v) is 7.94. The summed E-state index contributed by atoms with van der Waals surface area (Å²) in [5.74, 6) is -0.00774. The minimum absolute atomic E-state index is 0.00774. The lowest BCUT2D eigenvalue weighted by Gasteiger charge is -2.37. The summed E-state index contributed by atoms with van der Waals surface area (Å²) >= 11 is 3.37. The van der Waals surface area contributed by atoms with Crippen LogP contribution in [0.15, 0.2) is 28.7 Å². The number of likely N-dealkylation sites (tertiary alicyclic amines) is 1. The third-order valence-electron chi connectivity index (χ3n) is 3.87. The van der Waals surface area contributed by atoms with E-state index in [9.17, 15) is 4.79 Å². The summed E-state index contributed by atoms with van der Waals surface area (Å²) in [4.78, 5) is 14.3. The van der Waals surface area contributed by atoms with Crippen molar-refractivity contribution < 1.29 is 9.53 Å². The maximum atomic E-state index is 12.1. The van der Waals surface area contributed by atoms with Gasteiger partial charge in [-0.05, 0) is 37.1 Å². The van der Waals surface area contributed by atoms with E-state index >= 15 is 0 Å². The summed E-state index contributed by atoms with van der Waals surface area (Å²) in [5.41, 5.74) is 6.63. The van der Waals surface area contributed by atoms with E-state index < -0.39 is 0 Å². The number of hydrogen-bond donors (Lipinski definition) is 2. The van der Waals surface area contributed by atoms with Crippen molar-refractivity contribution in [1.29, 1.82) is 0 Å². The molecule has 1 aliphatic rings. The Morgan fingerprint density at radius 2 is 2.19 bits per heavy atom. The van der Waals surface area contributed by atoms with Crippen molar-refractivity contribution in [3.05, 3.63) is 28.7 Å². The number of benzene rings is 1. The van der Waals surface area contributed by atoms with Gasteiger partial charge in [0, 0.05) is 36.4 Å². The highest BCUT2D eigenvalue weighted by atomic mass is 79.9. The predicted octanol–water partition coefficient (Wildman–Crippen LogP) is 1.83. The molecule has 1 heterocycles. The average Bonchev–Trinajstić information content (AvgIpc) is 2.50. The Bertz CT molecular complexity index is 466. The second-order valence-electron chi connectivity index (χ2n) is 5.30. The molecule has 1 saturated heterocycles. The van der Waals surface area contributed by atoms with Crippen LogP contribution in [0.5, 0.6) is 0 Å². The smallest absolute Gasteiger partial charge is 0.238 e. The number of carbonyl (C=O) groups is 1. The molecule has 5 nitrogen and oxygen atoms in total. The molecule has 21 heavy (non-hydrogen) atoms. The Kier molecular flexibility index (Phi) is 6.17. The molecule has 2 unspecified atom stereocenters. The Morgan fingerprint density at radius 3 is 2.81 bits per heavy atom. The number of ether oxygens (including phenoxy) is 1. The zero-order valence-corrected chi connectivity index (χ0v) is 13.8. The Hall–Kier alpha value is -0.950. The van der Waals surface area contributed by atoms with Crippen molar-refractivity contribution in [2.24, 2.45) is 5.73 Å². The lowest BCUT2D eigenvalue weighted by molar-refractivity contribution is -0.118. The number of nitrogens with one attached hydrogen (secondary N) is 1. The normalized spacial score (nSPS) is 23.0. The van der Waals surface area contributed by atoms with Crippen molar-refractivity contribution in [2.45, 2.75) is 25.0 Å². The van der Waals surface area contributed by atoms with Crippen LogP contribution in [0.1, 0.15) is 12.8 Å². The SMILES string of the molecule is COC1CCN(CC(=O)Nc2ccc(Br)cc2)C(CN)C1. The maximum absolute atomic E-state index is 12.1. The van der Waals surface area contributed by atoms with Crippen molar-refractivity contribution in [3.8, 4) is 0 Å². The number of rotatable bonds is 5. The number of piperidine rings is 1. The van der Waals surface area contributed by atoms with Crippen molar-refractivity contribution in [3.63, 3.8) is 0 Å². The van der Waals surface area contributed by atoms with Gasteiger partial charge in [0.15, 0.2) is 0 Å². The number of nitrogens with two attached hydrogens (primary N) is 1. The quantitative estimate of drug-likeness (QED) is 0.845. The third kappa shape index (κ3) is 4.78. The molecule has 116 valence electrons. The van der Waals surface area contributed by atoms with Gasteiger partial charge in [0.05, 0.1) is 12.6 Å². The standard InChI is InChI=1S/C15H22BrN3O2/c1-21-14-6-7-19(13(8-14)9-17)10-15(20)18-12-4-2-11(16)3-5-12/h2-5,13-14H,6-10,17H2,1H3,(H,18,20). The molecule has 0 aliphatic carbocycles. The molecule has 1 fully saturated rings. The molecule has 3 N–H and O–H groups in total. The first-order chi connectivity index (χ1) is 10.1. The van der Waals surface area contributed by atoms with Gasteiger partial charge in [0.2, 0.25) is 5.91 Å². The van der Waals surface area contributed by atoms with Gasteiger partial charge in [-0.2, -0.15) is 0 Å². The van der Waals surface area contributed by atoms with E-state index in [4.69, 9.17) is 10.5 Å². The summed E-state index contributed by atoms with van der Waals surface area (Å²) in [6, 6.07) is 7.77. The molecule has 2 atom stereocenters. The van der Waals surface area contributed by atoms with Crippen LogP contribution in [0.4, 0.5) is 5.69 Å². The topological polar surface area (TPSA) is 67.6 Å². The third-order valence-corrected chi connectivity index (χ3v) is 4.40. The molecule has 2 rings (SSSR count). The lowest BCUT2D eigenvalue weighted by Crippen LogP contribution is -2.50. The van der Waals surface area contributed by atoms with Crippen LogP contribution in [0, 0.1) is 0 Å². The van der Waals surface area contributed by atoms with Gasteiger partial charge in [0.1, 0.15) is 0 Å². The largest absolute Gasteiger partial charge is 0.381 e. The number of hydrogen-bond acceptors (Lipinski definition) is 4. The molecule has 0 aromatic heterocycles. The van der Waals surface area contributed by atoms with Crippen LogP contribution in [-0.4, -0.2) is 49.7 Å². The molecule has 0 bridgehead atoms. The van der Waals surface area contributed by atoms with Gasteiger partial charge >= 0.3 is 0 Å². The molecule has 0 saturated carbocycles.